The SMILES string of the molecule is CCCCc1nc(SC)c(C(=O)CS(C)=O)n1Cc1ccc(-c2ccccc2S(=O)(=O)NC(=O)NCc2ccccc2)cc1. The van der Waals surface area contributed by atoms with Gasteiger partial charge in [-0.25, -0.2) is 22.9 Å². The van der Waals surface area contributed by atoms with Crippen LogP contribution in [-0.4, -0.2) is 52.3 Å². The first kappa shape index (κ1) is 33.2. The predicted octanol–water partition coefficient (Wildman–Crippen LogP) is 5.41. The average Bonchev–Trinajstić information content (AvgIpc) is 3.36. The Bertz CT molecular complexity index is 1740. The summed E-state index contributed by atoms with van der Waals surface area (Å²) in [7, 11) is -5.46. The summed E-state index contributed by atoms with van der Waals surface area (Å²) in [5.41, 5.74) is 3.30. The molecule has 232 valence electrons. The molecule has 0 saturated carbocycles. The Morgan fingerprint density at radius 2 is 1.64 bits per heavy atom. The molecule has 1 heterocycles. The zero-order chi connectivity index (χ0) is 31.7. The van der Waals surface area contributed by atoms with Crippen molar-refractivity contribution >= 4 is 44.4 Å². The van der Waals surface area contributed by atoms with Crippen molar-refractivity contribution in [3.63, 3.8) is 0 Å². The number of nitrogens with zero attached hydrogens (tertiary/aromatic N) is 2. The number of nitrogens with one attached hydrogen (secondary N) is 2. The first-order valence-corrected chi connectivity index (χ1v) is 18.6. The maximum atomic E-state index is 13.3. The molecule has 2 N–H and O–H groups in total. The first-order valence-electron chi connectivity index (χ1n) is 14.1. The second-order valence-corrected chi connectivity index (χ2v) is 14.1. The zero-order valence-corrected chi connectivity index (χ0v) is 27.4. The van der Waals surface area contributed by atoms with Crippen molar-refractivity contribution in [1.82, 2.24) is 19.6 Å². The normalized spacial score (nSPS) is 12.1. The Kier molecular flexibility index (Phi) is 11.5. The van der Waals surface area contributed by atoms with E-state index >= 15 is 0 Å². The summed E-state index contributed by atoms with van der Waals surface area (Å²) in [5, 5.41) is 3.21. The fourth-order valence-corrected chi connectivity index (χ4v) is 7.02. The lowest BCUT2D eigenvalue weighted by molar-refractivity contribution is 0.101. The summed E-state index contributed by atoms with van der Waals surface area (Å²) in [6, 6.07) is 22.3. The third-order valence-corrected chi connectivity index (χ3v) is 9.59. The molecule has 4 rings (SSSR count). The molecular weight excluding hydrogens is 617 g/mol. The number of hydrogen-bond donors (Lipinski definition) is 2. The number of hydrogen-bond acceptors (Lipinski definition) is 7. The molecule has 1 aromatic heterocycles. The Morgan fingerprint density at radius 1 is 0.955 bits per heavy atom. The van der Waals surface area contributed by atoms with Crippen LogP contribution >= 0.6 is 11.8 Å². The number of carbonyl (C=O) groups excluding carboxylic acids is 2. The number of ketones is 1. The summed E-state index contributed by atoms with van der Waals surface area (Å²) in [4.78, 5) is 30.3. The number of rotatable bonds is 14. The van der Waals surface area contributed by atoms with E-state index in [0.717, 1.165) is 29.8 Å². The largest absolute Gasteiger partial charge is 0.333 e. The molecular formula is C32H36N4O5S3. The lowest BCUT2D eigenvalue weighted by Gasteiger charge is -2.14. The van der Waals surface area contributed by atoms with Crippen LogP contribution in [-0.2, 0) is 40.3 Å². The molecule has 44 heavy (non-hydrogen) atoms. The number of imidazole rings is 1. The Morgan fingerprint density at radius 3 is 2.30 bits per heavy atom. The van der Waals surface area contributed by atoms with Gasteiger partial charge in [0.1, 0.15) is 16.5 Å². The highest BCUT2D eigenvalue weighted by Gasteiger charge is 2.24. The minimum atomic E-state index is -4.18. The minimum absolute atomic E-state index is 0.0239. The van der Waals surface area contributed by atoms with E-state index in [4.69, 9.17) is 4.98 Å². The third-order valence-electron chi connectivity index (χ3n) is 6.87. The van der Waals surface area contributed by atoms with Crippen LogP contribution in [0.1, 0.15) is 47.2 Å². The standard InChI is InChI=1S/C32H36N4O5S3/c1-4-5-15-29-34-31(42-2)30(27(37)22-43(3)39)36(29)21-24-16-18-25(19-17-24)26-13-9-10-14-28(26)44(40,41)35-32(38)33-20-23-11-7-6-8-12-23/h6-14,16-19H,4-5,15,20-22H2,1-3H3,(H2,33,35,38). The van der Waals surface area contributed by atoms with E-state index in [9.17, 15) is 22.2 Å². The molecule has 0 bridgehead atoms. The maximum absolute atomic E-state index is 13.3. The number of aromatic nitrogens is 2. The lowest BCUT2D eigenvalue weighted by atomic mass is 10.0. The highest BCUT2D eigenvalue weighted by molar-refractivity contribution is 7.98. The predicted molar refractivity (Wildman–Crippen MR) is 176 cm³/mol. The van der Waals surface area contributed by atoms with Crippen molar-refractivity contribution in [2.75, 3.05) is 18.3 Å². The fraction of sp³-hybridized carbons (Fsp3) is 0.281. The van der Waals surface area contributed by atoms with Gasteiger partial charge in [0.25, 0.3) is 10.0 Å². The summed E-state index contributed by atoms with van der Waals surface area (Å²) in [5.74, 6) is 0.523. The van der Waals surface area contributed by atoms with Crippen LogP contribution in [0.25, 0.3) is 11.1 Å². The Balaban J connectivity index is 1.58. The topological polar surface area (TPSA) is 127 Å². The van der Waals surface area contributed by atoms with Gasteiger partial charge in [0, 0.05) is 42.1 Å². The van der Waals surface area contributed by atoms with Gasteiger partial charge in [0.05, 0.1) is 10.6 Å². The van der Waals surface area contributed by atoms with Gasteiger partial charge in [-0.3, -0.25) is 9.00 Å². The van der Waals surface area contributed by atoms with E-state index in [0.29, 0.717) is 34.8 Å². The van der Waals surface area contributed by atoms with Crippen LogP contribution in [0.4, 0.5) is 4.79 Å². The molecule has 0 aliphatic rings. The molecule has 0 saturated heterocycles. The van der Waals surface area contributed by atoms with E-state index in [2.05, 4.69) is 17.0 Å². The molecule has 0 aliphatic carbocycles. The molecule has 12 heteroatoms. The minimum Gasteiger partial charge on any atom is -0.333 e. The van der Waals surface area contributed by atoms with Crippen molar-refractivity contribution in [2.45, 2.75) is 49.2 Å². The molecule has 4 aromatic rings. The number of aryl methyl sites for hydroxylation is 1. The summed E-state index contributed by atoms with van der Waals surface area (Å²) >= 11 is 1.40. The number of thioether (sulfide) groups is 1. The highest BCUT2D eigenvalue weighted by atomic mass is 32.2. The number of Topliss-reactive ketones (excluding diaryl/α,β-unsaturated/α-hetero) is 1. The Labute approximate surface area is 265 Å². The van der Waals surface area contributed by atoms with E-state index in [-0.39, 0.29) is 23.0 Å². The molecule has 9 nitrogen and oxygen atoms in total. The van der Waals surface area contributed by atoms with Gasteiger partial charge >= 0.3 is 6.03 Å². The van der Waals surface area contributed by atoms with Gasteiger partial charge in [-0.1, -0.05) is 86.1 Å². The molecule has 1 unspecified atom stereocenters. The van der Waals surface area contributed by atoms with Gasteiger partial charge < -0.3 is 9.88 Å². The molecule has 0 fully saturated rings. The zero-order valence-electron chi connectivity index (χ0n) is 24.9. The number of carbonyl (C=O) groups is 2. The highest BCUT2D eigenvalue weighted by Crippen LogP contribution is 2.29. The van der Waals surface area contributed by atoms with Crippen LogP contribution in [0.5, 0.6) is 0 Å². The van der Waals surface area contributed by atoms with Crippen molar-refractivity contribution in [2.24, 2.45) is 0 Å². The third kappa shape index (κ3) is 8.46. The fourth-order valence-electron chi connectivity index (χ4n) is 4.74. The van der Waals surface area contributed by atoms with Crippen LogP contribution in [0.15, 0.2) is 88.8 Å². The van der Waals surface area contributed by atoms with E-state index in [1.807, 2.05) is 65.4 Å². The van der Waals surface area contributed by atoms with Gasteiger partial charge in [-0.15, -0.1) is 11.8 Å². The molecule has 0 spiro atoms. The van der Waals surface area contributed by atoms with E-state index in [1.165, 1.54) is 24.1 Å². The first-order chi connectivity index (χ1) is 21.1. The molecule has 0 aliphatic heterocycles. The summed E-state index contributed by atoms with van der Waals surface area (Å²) in [6.45, 7) is 2.66. The maximum Gasteiger partial charge on any atom is 0.328 e. The molecule has 3 aromatic carbocycles. The van der Waals surface area contributed by atoms with Crippen LogP contribution in [0.3, 0.4) is 0 Å². The molecule has 2 amide bonds. The Hall–Kier alpha value is -3.74. The molecule has 0 radical (unpaired) electrons. The van der Waals surface area contributed by atoms with Gasteiger partial charge in [0.15, 0.2) is 5.78 Å². The van der Waals surface area contributed by atoms with Crippen molar-refractivity contribution in [3.05, 3.63) is 102 Å². The second kappa shape index (κ2) is 15.3. The average molecular weight is 653 g/mol. The van der Waals surface area contributed by atoms with Crippen molar-refractivity contribution in [3.8, 4) is 11.1 Å². The van der Waals surface area contributed by atoms with Crippen molar-refractivity contribution < 1.29 is 22.2 Å². The summed E-state index contributed by atoms with van der Waals surface area (Å²) < 4.78 is 42.4. The lowest BCUT2D eigenvalue weighted by Crippen LogP contribution is -2.39. The number of urea groups is 1. The number of amides is 2. The molecule has 1 atom stereocenters. The summed E-state index contributed by atoms with van der Waals surface area (Å²) in [6.07, 6.45) is 5.99. The van der Waals surface area contributed by atoms with Crippen LogP contribution in [0.2, 0.25) is 0 Å². The van der Waals surface area contributed by atoms with Gasteiger partial charge in [-0.05, 0) is 35.4 Å². The van der Waals surface area contributed by atoms with Gasteiger partial charge in [0.2, 0.25) is 0 Å². The van der Waals surface area contributed by atoms with Crippen LogP contribution in [0, 0.1) is 0 Å². The van der Waals surface area contributed by atoms with Gasteiger partial charge in [-0.2, -0.15) is 0 Å². The van der Waals surface area contributed by atoms with Crippen molar-refractivity contribution in [1.29, 1.82) is 0 Å². The van der Waals surface area contributed by atoms with Crippen LogP contribution < -0.4 is 10.0 Å². The second-order valence-electron chi connectivity index (χ2n) is 10.2. The van der Waals surface area contributed by atoms with E-state index in [1.54, 1.807) is 18.2 Å². The quantitative estimate of drug-likeness (QED) is 0.138. The number of sulfonamides is 1. The van der Waals surface area contributed by atoms with E-state index < -0.39 is 26.9 Å². The smallest absolute Gasteiger partial charge is 0.328 e. The monoisotopic (exact) mass is 652 g/mol. The number of benzene rings is 3. The number of unbranched alkanes of at least 4 members (excludes halogenated alkanes) is 1.